The summed E-state index contributed by atoms with van der Waals surface area (Å²) in [7, 11) is 3.75. The van der Waals surface area contributed by atoms with Crippen LogP contribution in [-0.4, -0.2) is 42.1 Å². The molecule has 6 nitrogen and oxygen atoms in total. The van der Waals surface area contributed by atoms with Gasteiger partial charge < -0.3 is 15.5 Å². The number of nitrogens with one attached hydrogen (secondary N) is 2. The monoisotopic (exact) mass is 525 g/mol. The first-order valence-electron chi connectivity index (χ1n) is 11.6. The molecule has 1 aliphatic rings. The van der Waals surface area contributed by atoms with Crippen molar-refractivity contribution in [3.8, 4) is 0 Å². The molecule has 0 radical (unpaired) electrons. The highest BCUT2D eigenvalue weighted by atomic mass is 19.4. The van der Waals surface area contributed by atoms with E-state index in [0.717, 1.165) is 16.7 Å². The Morgan fingerprint density at radius 3 is 2.16 bits per heavy atom. The lowest BCUT2D eigenvalue weighted by atomic mass is 9.90. The number of alkyl halides is 6. The summed E-state index contributed by atoms with van der Waals surface area (Å²) >= 11 is 0. The molecule has 1 fully saturated rings. The van der Waals surface area contributed by atoms with Gasteiger partial charge in [0.2, 0.25) is 5.95 Å². The zero-order valence-electron chi connectivity index (χ0n) is 20.0. The van der Waals surface area contributed by atoms with Crippen LogP contribution in [0.25, 0.3) is 10.9 Å². The third-order valence-corrected chi connectivity index (χ3v) is 6.30. The molecule has 1 saturated carbocycles. The van der Waals surface area contributed by atoms with Crippen LogP contribution in [0.1, 0.15) is 47.2 Å². The molecule has 2 aromatic carbocycles. The smallest absolute Gasteiger partial charge is 0.362 e. The summed E-state index contributed by atoms with van der Waals surface area (Å²) in [6, 6.07) is 7.95. The summed E-state index contributed by atoms with van der Waals surface area (Å²) in [6.07, 6.45) is -7.86. The second-order valence-corrected chi connectivity index (χ2v) is 9.20. The molecule has 3 aromatic rings. The lowest BCUT2D eigenvalue weighted by Gasteiger charge is -2.30. The molecule has 1 aromatic heterocycles. The fourth-order valence-electron chi connectivity index (χ4n) is 4.45. The Morgan fingerprint density at radius 2 is 1.54 bits per heavy atom. The van der Waals surface area contributed by atoms with E-state index in [2.05, 4.69) is 20.6 Å². The lowest BCUT2D eigenvalue weighted by molar-refractivity contribution is -0.141. The third-order valence-electron chi connectivity index (χ3n) is 6.30. The summed E-state index contributed by atoms with van der Waals surface area (Å²) in [5.41, 5.74) is -2.99. The second-order valence-electron chi connectivity index (χ2n) is 9.20. The Morgan fingerprint density at radius 1 is 0.892 bits per heavy atom. The van der Waals surface area contributed by atoms with E-state index in [1.165, 1.54) is 0 Å². The molecule has 0 unspecified atom stereocenters. The maximum absolute atomic E-state index is 13.4. The summed E-state index contributed by atoms with van der Waals surface area (Å²) in [5, 5.41) is 6.68. The number of benzene rings is 2. The van der Waals surface area contributed by atoms with Crippen molar-refractivity contribution in [3.63, 3.8) is 0 Å². The van der Waals surface area contributed by atoms with E-state index in [1.54, 1.807) is 0 Å². The van der Waals surface area contributed by atoms with Crippen LogP contribution in [0.4, 0.5) is 38.1 Å². The topological polar surface area (TPSA) is 70.2 Å². The number of carbonyl (C=O) groups excluding carboxylic acids is 1. The number of nitrogens with zero attached hydrogens (tertiary/aromatic N) is 3. The predicted molar refractivity (Wildman–Crippen MR) is 127 cm³/mol. The minimum atomic E-state index is -4.97. The molecule has 0 spiro atoms. The van der Waals surface area contributed by atoms with Gasteiger partial charge >= 0.3 is 12.4 Å². The standard InChI is InChI=1S/C25H25F6N5O/c1-36(2)21-17-5-3-4-6-20(17)34-23(35-21)33-16-10-8-15(9-11-16)32-22(37)18-13-14(24(26,27)28)7-12-19(18)25(29,30)31/h3-7,12-13,15-16H,8-11H2,1-2H3,(H,32,37)(H,33,34,35)/t15-,16+. The van der Waals surface area contributed by atoms with Crippen LogP contribution in [-0.2, 0) is 12.4 Å². The van der Waals surface area contributed by atoms with Crippen LogP contribution in [0.2, 0.25) is 0 Å². The normalized spacial score (nSPS) is 18.5. The molecular weight excluding hydrogens is 500 g/mol. The van der Waals surface area contributed by atoms with Crippen LogP contribution < -0.4 is 15.5 Å². The Hall–Kier alpha value is -3.57. The minimum Gasteiger partial charge on any atom is -0.362 e. The van der Waals surface area contributed by atoms with Crippen molar-refractivity contribution in [1.29, 1.82) is 0 Å². The van der Waals surface area contributed by atoms with Gasteiger partial charge in [0.25, 0.3) is 5.91 Å². The summed E-state index contributed by atoms with van der Waals surface area (Å²) in [6.45, 7) is 0. The minimum absolute atomic E-state index is 0.0383. The average Bonchev–Trinajstić information content (AvgIpc) is 2.83. The van der Waals surface area contributed by atoms with E-state index >= 15 is 0 Å². The fourth-order valence-corrected chi connectivity index (χ4v) is 4.45. The van der Waals surface area contributed by atoms with Gasteiger partial charge in [0.1, 0.15) is 5.82 Å². The van der Waals surface area contributed by atoms with Crippen molar-refractivity contribution in [3.05, 3.63) is 59.2 Å². The largest absolute Gasteiger partial charge is 0.417 e. The molecule has 1 aliphatic carbocycles. The van der Waals surface area contributed by atoms with E-state index in [9.17, 15) is 31.1 Å². The fraction of sp³-hybridized carbons (Fsp3) is 0.400. The van der Waals surface area contributed by atoms with Crippen molar-refractivity contribution in [2.45, 2.75) is 50.1 Å². The van der Waals surface area contributed by atoms with Gasteiger partial charge in [0.05, 0.1) is 22.2 Å². The van der Waals surface area contributed by atoms with Gasteiger partial charge in [-0.1, -0.05) is 12.1 Å². The first-order valence-corrected chi connectivity index (χ1v) is 11.6. The van der Waals surface area contributed by atoms with Gasteiger partial charge in [-0.25, -0.2) is 4.98 Å². The number of carbonyl (C=O) groups is 1. The van der Waals surface area contributed by atoms with Crippen LogP contribution in [0.5, 0.6) is 0 Å². The van der Waals surface area contributed by atoms with Crippen molar-refractivity contribution < 1.29 is 31.1 Å². The zero-order valence-corrected chi connectivity index (χ0v) is 20.0. The summed E-state index contributed by atoms with van der Waals surface area (Å²) in [4.78, 5) is 23.7. The lowest BCUT2D eigenvalue weighted by Crippen LogP contribution is -2.41. The van der Waals surface area contributed by atoms with E-state index < -0.39 is 41.0 Å². The molecule has 12 heteroatoms. The first-order chi connectivity index (χ1) is 17.3. The maximum Gasteiger partial charge on any atom is 0.417 e. The zero-order chi connectivity index (χ0) is 27.0. The summed E-state index contributed by atoms with van der Waals surface area (Å²) in [5.74, 6) is 0.00703. The van der Waals surface area contributed by atoms with Gasteiger partial charge in [0.15, 0.2) is 0 Å². The first kappa shape index (κ1) is 26.5. The predicted octanol–water partition coefficient (Wildman–Crippen LogP) is 5.89. The van der Waals surface area contributed by atoms with E-state index in [0.29, 0.717) is 43.8 Å². The Kier molecular flexibility index (Phi) is 7.20. The van der Waals surface area contributed by atoms with Gasteiger partial charge in [-0.05, 0) is 56.0 Å². The van der Waals surface area contributed by atoms with Gasteiger partial charge in [-0.15, -0.1) is 0 Å². The third kappa shape index (κ3) is 6.05. The highest BCUT2D eigenvalue weighted by Crippen LogP contribution is 2.37. The molecule has 37 heavy (non-hydrogen) atoms. The van der Waals surface area contributed by atoms with Crippen LogP contribution in [0.3, 0.4) is 0 Å². The quantitative estimate of drug-likeness (QED) is 0.407. The number of rotatable bonds is 5. The number of para-hydroxylation sites is 1. The van der Waals surface area contributed by atoms with Gasteiger partial charge in [0, 0.05) is 31.6 Å². The molecule has 1 amide bonds. The van der Waals surface area contributed by atoms with Crippen molar-refractivity contribution >= 4 is 28.6 Å². The highest BCUT2D eigenvalue weighted by molar-refractivity contribution is 5.96. The van der Waals surface area contributed by atoms with Gasteiger partial charge in [-0.2, -0.15) is 31.3 Å². The Balaban J connectivity index is 1.43. The number of halogens is 6. The van der Waals surface area contributed by atoms with Gasteiger partial charge in [-0.3, -0.25) is 4.79 Å². The molecule has 2 N–H and O–H groups in total. The van der Waals surface area contributed by atoms with Crippen molar-refractivity contribution in [2.24, 2.45) is 0 Å². The number of anilines is 2. The molecule has 0 atom stereocenters. The molecule has 1 heterocycles. The maximum atomic E-state index is 13.4. The van der Waals surface area contributed by atoms with Crippen LogP contribution in [0.15, 0.2) is 42.5 Å². The van der Waals surface area contributed by atoms with E-state index in [4.69, 9.17) is 0 Å². The van der Waals surface area contributed by atoms with Crippen LogP contribution >= 0.6 is 0 Å². The highest BCUT2D eigenvalue weighted by Gasteiger charge is 2.39. The Labute approximate surface area is 209 Å². The number of aromatic nitrogens is 2. The number of hydrogen-bond acceptors (Lipinski definition) is 5. The second kappa shape index (κ2) is 10.1. The number of amides is 1. The summed E-state index contributed by atoms with van der Waals surface area (Å²) < 4.78 is 79.3. The molecule has 0 aliphatic heterocycles. The van der Waals surface area contributed by atoms with Crippen LogP contribution in [0, 0.1) is 0 Å². The molecular formula is C25H25F6N5O. The number of fused-ring (bicyclic) bond motifs is 1. The average molecular weight is 525 g/mol. The van der Waals surface area contributed by atoms with E-state index in [1.807, 2.05) is 43.3 Å². The molecule has 0 saturated heterocycles. The Bertz CT molecular complexity index is 1280. The molecule has 0 bridgehead atoms. The molecule has 4 rings (SSSR count). The SMILES string of the molecule is CN(C)c1nc(N[C@H]2CC[C@@H](NC(=O)c3cc(C(F)(F)F)ccc3C(F)(F)F)CC2)nc2ccccc12. The van der Waals surface area contributed by atoms with Crippen molar-refractivity contribution in [2.75, 3.05) is 24.3 Å². The molecule has 198 valence electrons. The van der Waals surface area contributed by atoms with Crippen molar-refractivity contribution in [1.82, 2.24) is 15.3 Å². The number of hydrogen-bond donors (Lipinski definition) is 2. The van der Waals surface area contributed by atoms with E-state index in [-0.39, 0.29) is 12.1 Å².